The first kappa shape index (κ1) is 15.8. The van der Waals surface area contributed by atoms with Gasteiger partial charge in [0.25, 0.3) is 0 Å². The fourth-order valence-electron chi connectivity index (χ4n) is 2.98. The molecule has 1 atom stereocenters. The van der Waals surface area contributed by atoms with Crippen molar-refractivity contribution in [1.82, 2.24) is 9.88 Å². The molecule has 1 saturated heterocycles. The highest BCUT2D eigenvalue weighted by molar-refractivity contribution is 5.95. The largest absolute Gasteiger partial charge is 0.478 e. The number of carboxylic acid groups (broad SMARTS) is 1. The van der Waals surface area contributed by atoms with E-state index in [0.717, 1.165) is 44.0 Å². The molecule has 1 N–H and O–H groups in total. The summed E-state index contributed by atoms with van der Waals surface area (Å²) in [5, 5.41) is 9.47. The molecule has 1 aliphatic heterocycles. The van der Waals surface area contributed by atoms with E-state index in [2.05, 4.69) is 28.6 Å². The smallest absolute Gasteiger partial charge is 0.339 e. The summed E-state index contributed by atoms with van der Waals surface area (Å²) in [6.07, 6.45) is 1.15. The van der Waals surface area contributed by atoms with Crippen molar-refractivity contribution in [2.24, 2.45) is 0 Å². The highest BCUT2D eigenvalue weighted by Crippen LogP contribution is 2.25. The molecule has 2 rings (SSSR count). The fourth-order valence-corrected chi connectivity index (χ4v) is 2.98. The van der Waals surface area contributed by atoms with E-state index in [1.54, 1.807) is 6.92 Å². The fraction of sp³-hybridized carbons (Fsp3) is 0.625. The first-order chi connectivity index (χ1) is 9.93. The van der Waals surface area contributed by atoms with Crippen molar-refractivity contribution >= 4 is 11.7 Å². The van der Waals surface area contributed by atoms with Gasteiger partial charge in [0.05, 0.1) is 11.4 Å². The Hall–Kier alpha value is -1.62. The lowest BCUT2D eigenvalue weighted by molar-refractivity contribution is 0.0696. The Balaban J connectivity index is 2.22. The summed E-state index contributed by atoms with van der Waals surface area (Å²) in [4.78, 5) is 20.5. The Morgan fingerprint density at radius 3 is 2.48 bits per heavy atom. The summed E-state index contributed by atoms with van der Waals surface area (Å²) < 4.78 is 0. The molecule has 0 spiro atoms. The zero-order valence-corrected chi connectivity index (χ0v) is 13.4. The van der Waals surface area contributed by atoms with Crippen molar-refractivity contribution in [3.05, 3.63) is 23.0 Å². The van der Waals surface area contributed by atoms with Crippen molar-refractivity contribution in [1.29, 1.82) is 0 Å². The number of aromatic carboxylic acids is 1. The van der Waals surface area contributed by atoms with Gasteiger partial charge in [0.1, 0.15) is 5.56 Å². The number of piperazine rings is 1. The monoisotopic (exact) mass is 291 g/mol. The van der Waals surface area contributed by atoms with Gasteiger partial charge in [-0.3, -0.25) is 9.88 Å². The molecule has 0 amide bonds. The lowest BCUT2D eigenvalue weighted by Crippen LogP contribution is -2.49. The number of aromatic nitrogens is 1. The molecule has 0 radical (unpaired) electrons. The minimum absolute atomic E-state index is 0.345. The molecule has 1 aromatic rings. The van der Waals surface area contributed by atoms with Crippen LogP contribution in [0.1, 0.15) is 42.0 Å². The van der Waals surface area contributed by atoms with E-state index in [1.807, 2.05) is 13.0 Å². The third-order valence-electron chi connectivity index (χ3n) is 4.39. The van der Waals surface area contributed by atoms with Gasteiger partial charge in [-0.15, -0.1) is 0 Å². The predicted octanol–water partition coefficient (Wildman–Crippen LogP) is 2.32. The zero-order chi connectivity index (χ0) is 15.6. The summed E-state index contributed by atoms with van der Waals surface area (Å²) >= 11 is 0. The van der Waals surface area contributed by atoms with E-state index in [0.29, 0.717) is 17.3 Å². The van der Waals surface area contributed by atoms with Crippen LogP contribution in [0.25, 0.3) is 0 Å². The van der Waals surface area contributed by atoms with Gasteiger partial charge in [-0.25, -0.2) is 4.79 Å². The minimum Gasteiger partial charge on any atom is -0.478 e. The van der Waals surface area contributed by atoms with Crippen molar-refractivity contribution < 1.29 is 9.90 Å². The van der Waals surface area contributed by atoms with Gasteiger partial charge in [0.15, 0.2) is 0 Å². The molecule has 0 bridgehead atoms. The first-order valence-electron chi connectivity index (χ1n) is 7.64. The van der Waals surface area contributed by atoms with E-state index in [-0.39, 0.29) is 0 Å². The number of hydrogen-bond acceptors (Lipinski definition) is 4. The van der Waals surface area contributed by atoms with E-state index in [9.17, 15) is 9.90 Å². The predicted molar refractivity (Wildman–Crippen MR) is 84.2 cm³/mol. The lowest BCUT2D eigenvalue weighted by atomic mass is 10.1. The molecule has 1 unspecified atom stereocenters. The average Bonchev–Trinajstić information content (AvgIpc) is 2.45. The molecule has 5 heteroatoms. The van der Waals surface area contributed by atoms with E-state index < -0.39 is 5.97 Å². The molecule has 21 heavy (non-hydrogen) atoms. The maximum atomic E-state index is 11.5. The third-order valence-corrected chi connectivity index (χ3v) is 4.39. The van der Waals surface area contributed by atoms with Crippen LogP contribution >= 0.6 is 0 Å². The Morgan fingerprint density at radius 1 is 1.33 bits per heavy atom. The molecular weight excluding hydrogens is 266 g/mol. The summed E-state index contributed by atoms with van der Waals surface area (Å²) in [6.45, 7) is 11.8. The van der Waals surface area contributed by atoms with Crippen molar-refractivity contribution in [2.75, 3.05) is 31.1 Å². The molecule has 1 aromatic heterocycles. The van der Waals surface area contributed by atoms with Crippen LogP contribution < -0.4 is 4.90 Å². The van der Waals surface area contributed by atoms with Crippen LogP contribution in [-0.2, 0) is 0 Å². The molecule has 1 aliphatic rings. The summed E-state index contributed by atoms with van der Waals surface area (Å²) in [5.41, 5.74) is 2.63. The summed E-state index contributed by atoms with van der Waals surface area (Å²) in [6, 6.07) is 2.49. The molecule has 2 heterocycles. The van der Waals surface area contributed by atoms with Crippen LogP contribution in [0.4, 0.5) is 5.69 Å². The summed E-state index contributed by atoms with van der Waals surface area (Å²) in [5.74, 6) is -0.889. The van der Waals surface area contributed by atoms with E-state index in [4.69, 9.17) is 0 Å². The van der Waals surface area contributed by atoms with Crippen LogP contribution in [0.15, 0.2) is 6.07 Å². The minimum atomic E-state index is -0.889. The van der Waals surface area contributed by atoms with Gasteiger partial charge in [-0.2, -0.15) is 0 Å². The first-order valence-corrected chi connectivity index (χ1v) is 7.64. The zero-order valence-electron chi connectivity index (χ0n) is 13.4. The van der Waals surface area contributed by atoms with E-state index in [1.165, 1.54) is 0 Å². The SMILES string of the molecule is CCC(C)N1CCN(c2cc(C)nc(C)c2C(=O)O)CC1. The van der Waals surface area contributed by atoms with Crippen molar-refractivity contribution in [3.63, 3.8) is 0 Å². The van der Waals surface area contributed by atoms with Crippen LogP contribution in [0.5, 0.6) is 0 Å². The van der Waals surface area contributed by atoms with Crippen molar-refractivity contribution in [2.45, 2.75) is 40.2 Å². The Bertz CT molecular complexity index is 522. The standard InChI is InChI=1S/C16H25N3O2/c1-5-12(3)18-6-8-19(9-7-18)14-10-11(2)17-13(4)15(14)16(20)21/h10,12H,5-9H2,1-4H3,(H,20,21). The summed E-state index contributed by atoms with van der Waals surface area (Å²) in [7, 11) is 0. The third kappa shape index (κ3) is 3.35. The van der Waals surface area contributed by atoms with Crippen molar-refractivity contribution in [3.8, 4) is 0 Å². The number of aryl methyl sites for hydroxylation is 2. The number of pyridine rings is 1. The van der Waals surface area contributed by atoms with Crippen LogP contribution in [0, 0.1) is 13.8 Å². The molecule has 0 saturated carbocycles. The maximum Gasteiger partial charge on any atom is 0.339 e. The van der Waals surface area contributed by atoms with Gasteiger partial charge >= 0.3 is 5.97 Å². The van der Waals surface area contributed by atoms with Gasteiger partial charge in [-0.05, 0) is 33.3 Å². The number of nitrogens with zero attached hydrogens (tertiary/aromatic N) is 3. The Labute approximate surface area is 126 Å². The highest BCUT2D eigenvalue weighted by Gasteiger charge is 2.25. The normalized spacial score (nSPS) is 17.8. The topological polar surface area (TPSA) is 56.7 Å². The molecule has 116 valence electrons. The molecule has 5 nitrogen and oxygen atoms in total. The molecule has 0 aliphatic carbocycles. The number of rotatable bonds is 4. The van der Waals surface area contributed by atoms with E-state index >= 15 is 0 Å². The van der Waals surface area contributed by atoms with Gasteiger partial charge in [-0.1, -0.05) is 6.92 Å². The van der Waals surface area contributed by atoms with Gasteiger partial charge in [0.2, 0.25) is 0 Å². The van der Waals surface area contributed by atoms with Crippen LogP contribution in [0.2, 0.25) is 0 Å². The molecule has 1 fully saturated rings. The average molecular weight is 291 g/mol. The molecular formula is C16H25N3O2. The highest BCUT2D eigenvalue weighted by atomic mass is 16.4. The second-order valence-electron chi connectivity index (χ2n) is 5.83. The van der Waals surface area contributed by atoms with Crippen LogP contribution in [-0.4, -0.2) is 53.2 Å². The Kier molecular flexibility index (Phi) is 4.83. The maximum absolute atomic E-state index is 11.5. The Morgan fingerprint density at radius 2 is 1.95 bits per heavy atom. The van der Waals surface area contributed by atoms with Gasteiger partial charge < -0.3 is 10.0 Å². The number of hydrogen-bond donors (Lipinski definition) is 1. The number of anilines is 1. The second-order valence-corrected chi connectivity index (χ2v) is 5.83. The quantitative estimate of drug-likeness (QED) is 0.922. The van der Waals surface area contributed by atoms with Gasteiger partial charge in [0, 0.05) is 37.9 Å². The number of carboxylic acids is 1. The number of carbonyl (C=O) groups is 1. The second kappa shape index (κ2) is 6.43. The molecule has 0 aromatic carbocycles. The van der Waals surface area contributed by atoms with Crippen LogP contribution in [0.3, 0.4) is 0 Å². The lowest BCUT2D eigenvalue weighted by Gasteiger charge is -2.39.